The van der Waals surface area contributed by atoms with E-state index in [1.54, 1.807) is 18.2 Å². The van der Waals surface area contributed by atoms with Gasteiger partial charge in [0.2, 0.25) is 5.69 Å². The summed E-state index contributed by atoms with van der Waals surface area (Å²) in [6.07, 6.45) is 1.36. The molecule has 2 N–H and O–H groups in total. The van der Waals surface area contributed by atoms with Crippen LogP contribution in [0, 0.1) is 4.91 Å². The largest absolute Gasteiger partial charge is 0.383 e. The molecule has 0 bridgehead atoms. The number of hydrogen-bond acceptors (Lipinski definition) is 6. The zero-order valence-corrected chi connectivity index (χ0v) is 12.6. The normalized spacial score (nSPS) is 10.5. The average Bonchev–Trinajstić information content (AvgIpc) is 2.56. The van der Waals surface area contributed by atoms with Crippen molar-refractivity contribution in [2.24, 2.45) is 5.18 Å². The maximum atomic E-state index is 12.5. The lowest BCUT2D eigenvalue weighted by Gasteiger charge is -2.13. The van der Waals surface area contributed by atoms with E-state index in [1.165, 1.54) is 12.1 Å². The molecular weight excluding hydrogens is 300 g/mol. The second-order valence-corrected chi connectivity index (χ2v) is 4.92. The Balaban J connectivity index is 2.73. The summed E-state index contributed by atoms with van der Waals surface area (Å²) < 4.78 is 1.43. The summed E-state index contributed by atoms with van der Waals surface area (Å²) in [6.45, 7) is 2.09. The van der Waals surface area contributed by atoms with Crippen molar-refractivity contribution in [2.45, 2.75) is 26.3 Å². The zero-order chi connectivity index (χ0) is 17.0. The summed E-state index contributed by atoms with van der Waals surface area (Å²) in [5.74, 6) is -1.14. The van der Waals surface area contributed by atoms with Crippen LogP contribution in [0.2, 0.25) is 0 Å². The molecule has 0 aliphatic carbocycles. The number of nitrogen functional groups attached to an aromatic ring is 1. The summed E-state index contributed by atoms with van der Waals surface area (Å²) >= 11 is 0. The van der Waals surface area contributed by atoms with Gasteiger partial charge >= 0.3 is 5.69 Å². The number of anilines is 1. The van der Waals surface area contributed by atoms with Crippen molar-refractivity contribution >= 4 is 17.4 Å². The van der Waals surface area contributed by atoms with Crippen LogP contribution in [-0.2, 0) is 6.54 Å². The fourth-order valence-electron chi connectivity index (χ4n) is 2.16. The van der Waals surface area contributed by atoms with Crippen LogP contribution in [0.4, 0.5) is 11.5 Å². The van der Waals surface area contributed by atoms with Crippen LogP contribution >= 0.6 is 0 Å². The van der Waals surface area contributed by atoms with Gasteiger partial charge in [0.15, 0.2) is 0 Å². The van der Waals surface area contributed by atoms with E-state index in [4.69, 9.17) is 5.73 Å². The summed E-state index contributed by atoms with van der Waals surface area (Å²) in [5.41, 5.74) is 3.22. The Bertz CT molecular complexity index is 852. The highest BCUT2D eigenvalue weighted by Crippen LogP contribution is 2.15. The van der Waals surface area contributed by atoms with Gasteiger partial charge in [0.25, 0.3) is 11.5 Å². The Hall–Kier alpha value is -3.03. The minimum atomic E-state index is -1.11. The van der Waals surface area contributed by atoms with Gasteiger partial charge in [-0.3, -0.25) is 14.2 Å². The smallest absolute Gasteiger partial charge is 0.339 e. The Kier molecular flexibility index (Phi) is 4.85. The first-order valence-electron chi connectivity index (χ1n) is 7.11. The average molecular weight is 316 g/mol. The van der Waals surface area contributed by atoms with Gasteiger partial charge in [-0.1, -0.05) is 31.5 Å². The van der Waals surface area contributed by atoms with Crippen molar-refractivity contribution in [3.05, 3.63) is 61.6 Å². The topological polar surface area (TPSA) is 117 Å². The van der Waals surface area contributed by atoms with E-state index in [2.05, 4.69) is 5.18 Å². The molecule has 2 rings (SSSR count). The lowest BCUT2D eigenvalue weighted by Crippen LogP contribution is -2.44. The number of carbonyl (C=O) groups excluding carboxylic acids is 1. The molecule has 1 aromatic carbocycles. The number of rotatable bonds is 5. The van der Waals surface area contributed by atoms with Crippen LogP contribution in [0.15, 0.2) is 45.1 Å². The number of nitroso groups, excluding NO2 is 1. The molecule has 23 heavy (non-hydrogen) atoms. The van der Waals surface area contributed by atoms with Gasteiger partial charge in [-0.25, -0.2) is 4.79 Å². The molecule has 8 nitrogen and oxygen atoms in total. The van der Waals surface area contributed by atoms with E-state index in [9.17, 15) is 19.3 Å². The molecule has 0 spiro atoms. The Labute approximate surface area is 131 Å². The lowest BCUT2D eigenvalue weighted by atomic mass is 10.2. The molecule has 0 radical (unpaired) electrons. The second-order valence-electron chi connectivity index (χ2n) is 4.92. The van der Waals surface area contributed by atoms with Gasteiger partial charge in [0, 0.05) is 12.1 Å². The van der Waals surface area contributed by atoms with Gasteiger partial charge in [0.05, 0.1) is 0 Å². The minimum Gasteiger partial charge on any atom is -0.383 e. The van der Waals surface area contributed by atoms with E-state index in [1.807, 2.05) is 6.92 Å². The fraction of sp³-hybridized carbons (Fsp3) is 0.267. The van der Waals surface area contributed by atoms with Gasteiger partial charge < -0.3 is 5.73 Å². The maximum absolute atomic E-state index is 12.5. The fourth-order valence-corrected chi connectivity index (χ4v) is 2.16. The van der Waals surface area contributed by atoms with Crippen molar-refractivity contribution in [2.75, 3.05) is 5.73 Å². The van der Waals surface area contributed by atoms with Crippen molar-refractivity contribution in [3.63, 3.8) is 0 Å². The molecule has 1 aromatic heterocycles. The number of nitrogens with zero attached hydrogens (tertiary/aromatic N) is 3. The quantitative estimate of drug-likeness (QED) is 0.838. The highest BCUT2D eigenvalue weighted by molar-refractivity contribution is 5.96. The Morgan fingerprint density at radius 2 is 1.87 bits per heavy atom. The molecule has 0 saturated heterocycles. The Morgan fingerprint density at radius 3 is 2.43 bits per heavy atom. The number of carbonyl (C=O) groups is 1. The molecule has 0 aliphatic rings. The molecule has 0 atom stereocenters. The molecule has 2 aromatic rings. The summed E-state index contributed by atoms with van der Waals surface area (Å²) in [5, 5.41) is 2.60. The third kappa shape index (κ3) is 2.96. The lowest BCUT2D eigenvalue weighted by molar-refractivity contribution is 0.0949. The summed E-state index contributed by atoms with van der Waals surface area (Å²) in [6, 6.07) is 7.83. The molecule has 1 heterocycles. The standard InChI is InChI=1S/C15H16N4O4/c1-2-3-9-18-12(16)11(17-23)14(21)19(15(18)22)13(20)10-7-5-4-6-8-10/h4-8H,2-3,9,16H2,1H3. The number of unbranched alkanes of at least 4 members (excludes halogenated alkanes) is 1. The van der Waals surface area contributed by atoms with Gasteiger partial charge in [0.1, 0.15) is 5.82 Å². The SMILES string of the molecule is CCCCn1c(N)c(N=O)c(=O)n(C(=O)c2ccccc2)c1=O. The van der Waals surface area contributed by atoms with Crippen molar-refractivity contribution in [1.29, 1.82) is 0 Å². The van der Waals surface area contributed by atoms with E-state index in [0.717, 1.165) is 11.0 Å². The summed E-state index contributed by atoms with van der Waals surface area (Å²) in [7, 11) is 0. The maximum Gasteiger partial charge on any atom is 0.339 e. The monoisotopic (exact) mass is 316 g/mol. The molecule has 8 heteroatoms. The van der Waals surface area contributed by atoms with Crippen molar-refractivity contribution in [3.8, 4) is 0 Å². The van der Waals surface area contributed by atoms with Crippen LogP contribution in [0.5, 0.6) is 0 Å². The van der Waals surface area contributed by atoms with E-state index >= 15 is 0 Å². The summed E-state index contributed by atoms with van der Waals surface area (Å²) in [4.78, 5) is 48.1. The molecular formula is C15H16N4O4. The first kappa shape index (κ1) is 16.3. The van der Waals surface area contributed by atoms with Crippen LogP contribution < -0.4 is 17.0 Å². The predicted molar refractivity (Wildman–Crippen MR) is 85.9 cm³/mol. The van der Waals surface area contributed by atoms with Crippen LogP contribution in [0.1, 0.15) is 30.1 Å². The minimum absolute atomic E-state index is 0.148. The molecule has 0 amide bonds. The number of nitrogens with two attached hydrogens (primary N) is 1. The number of aromatic nitrogens is 2. The third-order valence-electron chi connectivity index (χ3n) is 3.41. The van der Waals surface area contributed by atoms with Crippen molar-refractivity contribution < 1.29 is 4.79 Å². The van der Waals surface area contributed by atoms with Crippen LogP contribution in [-0.4, -0.2) is 15.0 Å². The molecule has 0 saturated carbocycles. The number of benzene rings is 1. The molecule has 0 fully saturated rings. The molecule has 120 valence electrons. The van der Waals surface area contributed by atoms with E-state index in [-0.39, 0.29) is 17.9 Å². The first-order chi connectivity index (χ1) is 11.0. The molecule has 0 aliphatic heterocycles. The van der Waals surface area contributed by atoms with Crippen molar-refractivity contribution in [1.82, 2.24) is 9.13 Å². The van der Waals surface area contributed by atoms with Crippen LogP contribution in [0.3, 0.4) is 0 Å². The Morgan fingerprint density at radius 1 is 1.22 bits per heavy atom. The van der Waals surface area contributed by atoms with Gasteiger partial charge in [-0.05, 0) is 23.7 Å². The third-order valence-corrected chi connectivity index (χ3v) is 3.41. The zero-order valence-electron chi connectivity index (χ0n) is 12.6. The molecule has 0 unspecified atom stereocenters. The highest BCUT2D eigenvalue weighted by Gasteiger charge is 2.22. The highest BCUT2D eigenvalue weighted by atomic mass is 16.3. The number of hydrogen-bond donors (Lipinski definition) is 1. The van der Waals surface area contributed by atoms with E-state index < -0.39 is 22.8 Å². The van der Waals surface area contributed by atoms with Gasteiger partial charge in [-0.2, -0.15) is 4.57 Å². The van der Waals surface area contributed by atoms with Crippen LogP contribution in [0.25, 0.3) is 0 Å². The second kappa shape index (κ2) is 6.82. The van der Waals surface area contributed by atoms with Gasteiger partial charge in [-0.15, -0.1) is 4.91 Å². The predicted octanol–water partition coefficient (Wildman–Crippen LogP) is 1.48. The van der Waals surface area contributed by atoms with E-state index in [0.29, 0.717) is 11.0 Å². The first-order valence-corrected chi connectivity index (χ1v) is 7.11.